The maximum Gasteiger partial charge on any atom is 0.296 e. The highest BCUT2D eigenvalue weighted by molar-refractivity contribution is 5.45. The quantitative estimate of drug-likeness (QED) is 0.729. The first-order chi connectivity index (χ1) is 11.2. The SMILES string of the molecule is COc1cc(-n2cccn2)ccc1CNc1n[nH]c(C(F)F)n1. The topological polar surface area (TPSA) is 80.6 Å². The van der Waals surface area contributed by atoms with Crippen LogP contribution in [0.4, 0.5) is 14.7 Å². The number of aromatic amines is 1. The van der Waals surface area contributed by atoms with Gasteiger partial charge in [0.05, 0.1) is 12.8 Å². The van der Waals surface area contributed by atoms with Gasteiger partial charge in [-0.2, -0.15) is 10.1 Å². The van der Waals surface area contributed by atoms with E-state index in [2.05, 4.69) is 25.6 Å². The standard InChI is InChI=1S/C14H14F2N6O/c1-23-11-7-10(22-6-2-5-18-22)4-3-9(11)8-17-14-19-13(12(15)16)20-21-14/h2-7,12H,8H2,1H3,(H2,17,19,20,21). The third kappa shape index (κ3) is 3.28. The minimum absolute atomic E-state index is 0.110. The highest BCUT2D eigenvalue weighted by Crippen LogP contribution is 2.23. The van der Waals surface area contributed by atoms with Gasteiger partial charge in [-0.25, -0.2) is 13.5 Å². The number of benzene rings is 1. The van der Waals surface area contributed by atoms with E-state index in [1.165, 1.54) is 0 Å². The van der Waals surface area contributed by atoms with Gasteiger partial charge in [0, 0.05) is 30.6 Å². The highest BCUT2D eigenvalue weighted by Gasteiger charge is 2.13. The van der Waals surface area contributed by atoms with Gasteiger partial charge < -0.3 is 10.1 Å². The second-order valence-corrected chi connectivity index (χ2v) is 4.65. The molecule has 2 heterocycles. The fourth-order valence-corrected chi connectivity index (χ4v) is 2.07. The third-order valence-electron chi connectivity index (χ3n) is 3.19. The molecule has 23 heavy (non-hydrogen) atoms. The Kier molecular flexibility index (Phi) is 4.18. The summed E-state index contributed by atoms with van der Waals surface area (Å²) in [5, 5.41) is 12.9. The summed E-state index contributed by atoms with van der Waals surface area (Å²) in [5.41, 5.74) is 1.69. The smallest absolute Gasteiger partial charge is 0.296 e. The lowest BCUT2D eigenvalue weighted by atomic mass is 10.2. The lowest BCUT2D eigenvalue weighted by Gasteiger charge is -2.11. The first-order valence-electron chi connectivity index (χ1n) is 6.78. The Morgan fingerprint density at radius 3 is 2.91 bits per heavy atom. The fourth-order valence-electron chi connectivity index (χ4n) is 2.07. The Hall–Kier alpha value is -2.97. The molecular weight excluding hydrogens is 306 g/mol. The summed E-state index contributed by atoms with van der Waals surface area (Å²) in [6, 6.07) is 7.41. The lowest BCUT2D eigenvalue weighted by Crippen LogP contribution is -2.04. The van der Waals surface area contributed by atoms with Crippen LogP contribution in [0.3, 0.4) is 0 Å². The fraction of sp³-hybridized carbons (Fsp3) is 0.214. The molecule has 0 saturated heterocycles. The molecule has 120 valence electrons. The van der Waals surface area contributed by atoms with Gasteiger partial charge >= 0.3 is 0 Å². The van der Waals surface area contributed by atoms with Crippen molar-refractivity contribution in [2.75, 3.05) is 12.4 Å². The number of methoxy groups -OCH3 is 1. The van der Waals surface area contributed by atoms with Crippen LogP contribution in [0.5, 0.6) is 5.75 Å². The first-order valence-corrected chi connectivity index (χ1v) is 6.78. The number of H-pyrrole nitrogens is 1. The van der Waals surface area contributed by atoms with Crippen LogP contribution in [0.1, 0.15) is 17.8 Å². The predicted molar refractivity (Wildman–Crippen MR) is 78.8 cm³/mol. The molecule has 0 aliphatic carbocycles. The van der Waals surface area contributed by atoms with Crippen LogP contribution < -0.4 is 10.1 Å². The number of hydrogen-bond donors (Lipinski definition) is 2. The minimum Gasteiger partial charge on any atom is -0.496 e. The maximum atomic E-state index is 12.5. The van der Waals surface area contributed by atoms with Gasteiger partial charge in [-0.05, 0) is 12.1 Å². The Balaban J connectivity index is 1.74. The number of aromatic nitrogens is 5. The number of halogens is 2. The number of nitrogens with zero attached hydrogens (tertiary/aromatic N) is 4. The molecule has 0 bridgehead atoms. The lowest BCUT2D eigenvalue weighted by molar-refractivity contribution is 0.141. The van der Waals surface area contributed by atoms with E-state index in [1.54, 1.807) is 18.0 Å². The molecule has 0 atom stereocenters. The largest absolute Gasteiger partial charge is 0.496 e. The van der Waals surface area contributed by atoms with Crippen molar-refractivity contribution >= 4 is 5.95 Å². The van der Waals surface area contributed by atoms with Gasteiger partial charge in [-0.1, -0.05) is 6.07 Å². The van der Waals surface area contributed by atoms with Gasteiger partial charge in [-0.3, -0.25) is 5.10 Å². The van der Waals surface area contributed by atoms with Gasteiger partial charge in [0.25, 0.3) is 6.43 Å². The third-order valence-corrected chi connectivity index (χ3v) is 3.19. The van der Waals surface area contributed by atoms with Crippen LogP contribution >= 0.6 is 0 Å². The van der Waals surface area contributed by atoms with Crippen molar-refractivity contribution in [3.8, 4) is 11.4 Å². The Morgan fingerprint density at radius 1 is 1.39 bits per heavy atom. The van der Waals surface area contributed by atoms with Crippen molar-refractivity contribution in [3.05, 3.63) is 48.0 Å². The van der Waals surface area contributed by atoms with Crippen molar-refractivity contribution in [2.45, 2.75) is 13.0 Å². The van der Waals surface area contributed by atoms with Crippen molar-refractivity contribution in [1.29, 1.82) is 0 Å². The molecule has 0 aliphatic rings. The Labute approximate surface area is 130 Å². The van der Waals surface area contributed by atoms with Crippen LogP contribution in [0, 0.1) is 0 Å². The van der Waals surface area contributed by atoms with E-state index in [0.29, 0.717) is 12.3 Å². The second-order valence-electron chi connectivity index (χ2n) is 4.65. The van der Waals surface area contributed by atoms with Gasteiger partial charge in [0.15, 0.2) is 5.82 Å². The van der Waals surface area contributed by atoms with Gasteiger partial charge in [-0.15, -0.1) is 5.10 Å². The number of ether oxygens (including phenoxy) is 1. The summed E-state index contributed by atoms with van der Waals surface area (Å²) in [6.07, 6.45) is 0.832. The average Bonchev–Trinajstić information content (AvgIpc) is 3.24. The summed E-state index contributed by atoms with van der Waals surface area (Å²) in [7, 11) is 1.56. The number of alkyl halides is 2. The molecule has 9 heteroatoms. The van der Waals surface area contributed by atoms with Crippen LogP contribution in [-0.2, 0) is 6.54 Å². The molecule has 0 aliphatic heterocycles. The minimum atomic E-state index is -2.68. The maximum absolute atomic E-state index is 12.5. The van der Waals surface area contributed by atoms with Gasteiger partial charge in [0.2, 0.25) is 5.95 Å². The Bertz CT molecular complexity index is 771. The summed E-state index contributed by atoms with van der Waals surface area (Å²) in [5.74, 6) is 0.294. The van der Waals surface area contributed by atoms with Crippen molar-refractivity contribution in [2.24, 2.45) is 0 Å². The summed E-state index contributed by atoms with van der Waals surface area (Å²) < 4.78 is 32.0. The first kappa shape index (κ1) is 14.9. The van der Waals surface area contributed by atoms with Crippen LogP contribution in [-0.4, -0.2) is 32.1 Å². The van der Waals surface area contributed by atoms with E-state index in [4.69, 9.17) is 4.74 Å². The number of hydrogen-bond acceptors (Lipinski definition) is 5. The molecule has 0 unspecified atom stereocenters. The zero-order chi connectivity index (χ0) is 16.2. The van der Waals surface area contributed by atoms with E-state index < -0.39 is 12.2 Å². The molecule has 1 aromatic carbocycles. The molecule has 2 N–H and O–H groups in total. The van der Waals surface area contributed by atoms with Crippen molar-refractivity contribution in [1.82, 2.24) is 25.0 Å². The summed E-state index contributed by atoms with van der Waals surface area (Å²) in [4.78, 5) is 3.66. The van der Waals surface area contributed by atoms with Crippen LogP contribution in [0.25, 0.3) is 5.69 Å². The highest BCUT2D eigenvalue weighted by atomic mass is 19.3. The van der Waals surface area contributed by atoms with E-state index >= 15 is 0 Å². The van der Waals surface area contributed by atoms with E-state index in [-0.39, 0.29) is 5.95 Å². The number of nitrogens with one attached hydrogen (secondary N) is 2. The summed E-state index contributed by atoms with van der Waals surface area (Å²) >= 11 is 0. The monoisotopic (exact) mass is 320 g/mol. The predicted octanol–water partition coefficient (Wildman–Crippen LogP) is 2.55. The molecule has 2 aromatic heterocycles. The van der Waals surface area contributed by atoms with E-state index in [1.807, 2.05) is 30.5 Å². The Morgan fingerprint density at radius 2 is 2.26 bits per heavy atom. The number of rotatable bonds is 6. The molecule has 0 radical (unpaired) electrons. The molecule has 7 nitrogen and oxygen atoms in total. The second kappa shape index (κ2) is 6.42. The molecular formula is C14H14F2N6O. The van der Waals surface area contributed by atoms with Crippen molar-refractivity contribution < 1.29 is 13.5 Å². The van der Waals surface area contributed by atoms with Crippen LogP contribution in [0.15, 0.2) is 36.7 Å². The number of anilines is 1. The summed E-state index contributed by atoms with van der Waals surface area (Å²) in [6.45, 7) is 0.336. The molecule has 3 aromatic rings. The zero-order valence-electron chi connectivity index (χ0n) is 12.2. The average molecular weight is 320 g/mol. The normalized spacial score (nSPS) is 11.0. The molecule has 0 fully saturated rings. The zero-order valence-corrected chi connectivity index (χ0v) is 12.2. The van der Waals surface area contributed by atoms with E-state index in [9.17, 15) is 8.78 Å². The van der Waals surface area contributed by atoms with Gasteiger partial charge in [0.1, 0.15) is 5.75 Å². The van der Waals surface area contributed by atoms with E-state index in [0.717, 1.165) is 11.3 Å². The molecule has 0 spiro atoms. The molecule has 3 rings (SSSR count). The molecule has 0 amide bonds. The van der Waals surface area contributed by atoms with Crippen molar-refractivity contribution in [3.63, 3.8) is 0 Å². The molecule has 0 saturated carbocycles. The van der Waals surface area contributed by atoms with Crippen LogP contribution in [0.2, 0.25) is 0 Å².